The summed E-state index contributed by atoms with van der Waals surface area (Å²) in [4.78, 5) is 0.137. The molecule has 0 unspecified atom stereocenters. The van der Waals surface area contributed by atoms with E-state index < -0.39 is 10.0 Å². The summed E-state index contributed by atoms with van der Waals surface area (Å²) >= 11 is 11.7. The Labute approximate surface area is 221 Å². The standard InChI is InChI=1S/C26H25ClN4O3S2/c1-17(18-6-8-23-20(14-18)15-19-4-2-3-5-22(19)23)29-30-26(35)28-25-16-21(7-9-24(25)27)36(32,33)31-10-12-34-13-11-31/h2-9,14,16H,10-13,15H2,1H3,(H2,28,30,35)/b29-17-. The number of sulfonamides is 1. The van der Waals surface area contributed by atoms with Gasteiger partial charge in [-0.1, -0.05) is 48.0 Å². The number of fused-ring (bicyclic) bond motifs is 3. The minimum atomic E-state index is -3.66. The highest BCUT2D eigenvalue weighted by molar-refractivity contribution is 7.89. The predicted molar refractivity (Wildman–Crippen MR) is 147 cm³/mol. The van der Waals surface area contributed by atoms with Gasteiger partial charge >= 0.3 is 0 Å². The molecule has 1 aliphatic carbocycles. The van der Waals surface area contributed by atoms with Crippen LogP contribution in [-0.2, 0) is 21.2 Å². The number of ether oxygens (including phenoxy) is 1. The second-order valence-electron chi connectivity index (χ2n) is 8.63. The fourth-order valence-electron chi connectivity index (χ4n) is 4.42. The normalized spacial score (nSPS) is 15.8. The molecule has 3 aromatic rings. The SMILES string of the molecule is C/C(=N/NC(=S)Nc1cc(S(=O)(=O)N2CCOCC2)ccc1Cl)c1ccc2c(c1)Cc1ccccc1-2. The lowest BCUT2D eigenvalue weighted by molar-refractivity contribution is 0.0730. The molecule has 5 rings (SSSR count). The minimum absolute atomic E-state index is 0.137. The first-order valence-corrected chi connectivity index (χ1v) is 13.8. The summed E-state index contributed by atoms with van der Waals surface area (Å²) in [7, 11) is -3.66. The van der Waals surface area contributed by atoms with Crippen molar-refractivity contribution in [1.29, 1.82) is 0 Å². The number of rotatable bonds is 5. The highest BCUT2D eigenvalue weighted by atomic mass is 35.5. The fourth-order valence-corrected chi connectivity index (χ4v) is 6.17. The van der Waals surface area contributed by atoms with Gasteiger partial charge in [0.15, 0.2) is 5.11 Å². The van der Waals surface area contributed by atoms with Crippen molar-refractivity contribution in [3.8, 4) is 11.1 Å². The van der Waals surface area contributed by atoms with E-state index in [0.717, 1.165) is 17.7 Å². The van der Waals surface area contributed by atoms with Gasteiger partial charge in [-0.25, -0.2) is 8.42 Å². The quantitative estimate of drug-likeness (QED) is 0.218. The third-order valence-electron chi connectivity index (χ3n) is 6.33. The molecule has 1 fully saturated rings. The molecule has 36 heavy (non-hydrogen) atoms. The molecule has 10 heteroatoms. The number of anilines is 1. The average Bonchev–Trinajstić information content (AvgIpc) is 3.27. The Morgan fingerprint density at radius 2 is 1.78 bits per heavy atom. The fraction of sp³-hybridized carbons (Fsp3) is 0.231. The Kier molecular flexibility index (Phi) is 7.09. The third-order valence-corrected chi connectivity index (χ3v) is 8.75. The number of nitrogens with zero attached hydrogens (tertiary/aromatic N) is 2. The summed E-state index contributed by atoms with van der Waals surface area (Å²) in [5.41, 5.74) is 10.1. The van der Waals surface area contributed by atoms with E-state index in [1.165, 1.54) is 44.8 Å². The zero-order chi connectivity index (χ0) is 25.3. The van der Waals surface area contributed by atoms with Crippen LogP contribution in [0.3, 0.4) is 0 Å². The van der Waals surface area contributed by atoms with E-state index in [4.69, 9.17) is 28.6 Å². The number of thiocarbonyl (C=S) groups is 1. The van der Waals surface area contributed by atoms with Crippen molar-refractivity contribution in [2.24, 2.45) is 5.10 Å². The topological polar surface area (TPSA) is 83.0 Å². The number of nitrogens with one attached hydrogen (secondary N) is 2. The van der Waals surface area contributed by atoms with Gasteiger partial charge < -0.3 is 10.1 Å². The molecular weight excluding hydrogens is 516 g/mol. The number of hydrogen-bond acceptors (Lipinski definition) is 5. The van der Waals surface area contributed by atoms with Gasteiger partial charge in [0.2, 0.25) is 10.0 Å². The molecule has 0 bridgehead atoms. The Morgan fingerprint density at radius 3 is 2.58 bits per heavy atom. The van der Waals surface area contributed by atoms with Crippen LogP contribution in [-0.4, -0.2) is 49.9 Å². The lowest BCUT2D eigenvalue weighted by Crippen LogP contribution is -2.40. The summed E-state index contributed by atoms with van der Waals surface area (Å²) < 4.78 is 32.6. The van der Waals surface area contributed by atoms with Gasteiger partial charge in [0, 0.05) is 13.1 Å². The second kappa shape index (κ2) is 10.3. The molecule has 1 aliphatic heterocycles. The van der Waals surface area contributed by atoms with Gasteiger partial charge in [-0.3, -0.25) is 5.43 Å². The van der Waals surface area contributed by atoms with Crippen LogP contribution in [0, 0.1) is 0 Å². The Morgan fingerprint density at radius 1 is 1.03 bits per heavy atom. The largest absolute Gasteiger partial charge is 0.379 e. The number of hydrogen-bond donors (Lipinski definition) is 2. The zero-order valence-electron chi connectivity index (χ0n) is 19.6. The van der Waals surface area contributed by atoms with Crippen LogP contribution in [0.4, 0.5) is 5.69 Å². The van der Waals surface area contributed by atoms with Crippen molar-refractivity contribution < 1.29 is 13.2 Å². The van der Waals surface area contributed by atoms with Crippen molar-refractivity contribution in [3.05, 3.63) is 82.4 Å². The van der Waals surface area contributed by atoms with Gasteiger partial charge in [-0.05, 0) is 77.6 Å². The molecule has 3 aromatic carbocycles. The molecule has 0 saturated carbocycles. The molecule has 186 valence electrons. The molecule has 2 aliphatic rings. The summed E-state index contributed by atoms with van der Waals surface area (Å²) in [5, 5.41) is 7.92. The minimum Gasteiger partial charge on any atom is -0.379 e. The molecular formula is C26H25ClN4O3S2. The van der Waals surface area contributed by atoms with Crippen LogP contribution in [0.5, 0.6) is 0 Å². The molecule has 1 saturated heterocycles. The summed E-state index contributed by atoms with van der Waals surface area (Å²) in [5.74, 6) is 0. The monoisotopic (exact) mass is 540 g/mol. The smallest absolute Gasteiger partial charge is 0.243 e. The van der Waals surface area contributed by atoms with Crippen LogP contribution in [0.1, 0.15) is 23.6 Å². The molecule has 2 N–H and O–H groups in total. The molecule has 1 heterocycles. The van der Waals surface area contributed by atoms with Crippen molar-refractivity contribution in [2.75, 3.05) is 31.6 Å². The highest BCUT2D eigenvalue weighted by Crippen LogP contribution is 2.36. The third kappa shape index (κ3) is 5.02. The summed E-state index contributed by atoms with van der Waals surface area (Å²) in [6, 6.07) is 19.3. The van der Waals surface area contributed by atoms with Crippen LogP contribution >= 0.6 is 23.8 Å². The highest BCUT2D eigenvalue weighted by Gasteiger charge is 2.27. The number of hydrazone groups is 1. The molecule has 0 spiro atoms. The van der Waals surface area contributed by atoms with Crippen molar-refractivity contribution >= 4 is 50.4 Å². The van der Waals surface area contributed by atoms with E-state index in [1.807, 2.05) is 6.92 Å². The van der Waals surface area contributed by atoms with E-state index in [9.17, 15) is 8.42 Å². The predicted octanol–water partition coefficient (Wildman–Crippen LogP) is 4.64. The van der Waals surface area contributed by atoms with E-state index in [2.05, 4.69) is 58.3 Å². The first-order chi connectivity index (χ1) is 17.3. The average molecular weight is 541 g/mol. The van der Waals surface area contributed by atoms with Crippen LogP contribution in [0.25, 0.3) is 11.1 Å². The summed E-state index contributed by atoms with van der Waals surface area (Å²) in [6.45, 7) is 3.29. The maximum absolute atomic E-state index is 13.0. The number of benzene rings is 3. The van der Waals surface area contributed by atoms with Gasteiger partial charge in [0.1, 0.15) is 0 Å². The summed E-state index contributed by atoms with van der Waals surface area (Å²) in [6.07, 6.45) is 0.905. The number of halogens is 1. The van der Waals surface area contributed by atoms with Crippen molar-refractivity contribution in [3.63, 3.8) is 0 Å². The van der Waals surface area contributed by atoms with Crippen molar-refractivity contribution in [2.45, 2.75) is 18.2 Å². The van der Waals surface area contributed by atoms with Crippen LogP contribution in [0.15, 0.2) is 70.7 Å². The van der Waals surface area contributed by atoms with Gasteiger partial charge in [-0.2, -0.15) is 9.41 Å². The van der Waals surface area contributed by atoms with Gasteiger partial charge in [0.25, 0.3) is 0 Å². The van der Waals surface area contributed by atoms with E-state index in [1.54, 1.807) is 0 Å². The lowest BCUT2D eigenvalue weighted by Gasteiger charge is -2.26. The van der Waals surface area contributed by atoms with Crippen LogP contribution < -0.4 is 10.7 Å². The second-order valence-corrected chi connectivity index (χ2v) is 11.4. The zero-order valence-corrected chi connectivity index (χ0v) is 22.0. The number of morpholine rings is 1. The molecule has 0 amide bonds. The maximum Gasteiger partial charge on any atom is 0.243 e. The molecule has 0 atom stereocenters. The lowest BCUT2D eigenvalue weighted by atomic mass is 10.0. The first-order valence-electron chi connectivity index (χ1n) is 11.5. The Bertz CT molecular complexity index is 1470. The Balaban J connectivity index is 1.27. The van der Waals surface area contributed by atoms with Gasteiger partial charge in [-0.15, -0.1) is 0 Å². The van der Waals surface area contributed by atoms with E-state index in [0.29, 0.717) is 37.0 Å². The van der Waals surface area contributed by atoms with Crippen molar-refractivity contribution in [1.82, 2.24) is 9.73 Å². The first kappa shape index (κ1) is 24.9. The van der Waals surface area contributed by atoms with Crippen LogP contribution in [0.2, 0.25) is 5.02 Å². The molecule has 7 nitrogen and oxygen atoms in total. The molecule has 0 aromatic heterocycles. The van der Waals surface area contributed by atoms with E-state index >= 15 is 0 Å². The molecule has 0 radical (unpaired) electrons. The van der Waals surface area contributed by atoms with Gasteiger partial charge in [0.05, 0.1) is 34.5 Å². The van der Waals surface area contributed by atoms with E-state index in [-0.39, 0.29) is 10.0 Å². The Hall–Kier alpha value is -2.82. The maximum atomic E-state index is 13.0.